The van der Waals surface area contributed by atoms with E-state index in [-0.39, 0.29) is 23.9 Å². The van der Waals surface area contributed by atoms with E-state index < -0.39 is 0 Å². The molecule has 1 heterocycles. The van der Waals surface area contributed by atoms with Crippen LogP contribution in [-0.2, 0) is 14.3 Å². The Morgan fingerprint density at radius 1 is 1.25 bits per heavy atom. The van der Waals surface area contributed by atoms with Crippen molar-refractivity contribution in [3.8, 4) is 0 Å². The van der Waals surface area contributed by atoms with Gasteiger partial charge in [-0.2, -0.15) is 0 Å². The van der Waals surface area contributed by atoms with E-state index in [9.17, 15) is 4.79 Å². The Bertz CT molecular complexity index is 506. The Balaban J connectivity index is 1.78. The number of carbonyl (C=O) groups excluding carboxylic acids is 1. The molecule has 1 aromatic rings. The minimum Gasteiger partial charge on any atom is -0.496 e. The number of ether oxygens (including phenoxy) is 2. The molecule has 20 heavy (non-hydrogen) atoms. The SMILES string of the molecule is CCOC1CCC2C(=O)C(c3ccccc3)=COC2C1. The zero-order valence-electron chi connectivity index (χ0n) is 11.7. The highest BCUT2D eigenvalue weighted by Gasteiger charge is 2.40. The summed E-state index contributed by atoms with van der Waals surface area (Å²) >= 11 is 0. The molecule has 0 amide bonds. The lowest BCUT2D eigenvalue weighted by Gasteiger charge is -2.37. The number of hydrogen-bond donors (Lipinski definition) is 0. The summed E-state index contributed by atoms with van der Waals surface area (Å²) in [6.07, 6.45) is 4.50. The first-order chi connectivity index (χ1) is 9.79. The number of Topliss-reactive ketones (excluding diaryl/α,β-unsaturated/α-hetero) is 1. The Morgan fingerprint density at radius 2 is 2.05 bits per heavy atom. The highest BCUT2D eigenvalue weighted by atomic mass is 16.5. The third kappa shape index (κ3) is 2.50. The molecule has 3 rings (SSSR count). The summed E-state index contributed by atoms with van der Waals surface area (Å²) in [6.45, 7) is 2.73. The van der Waals surface area contributed by atoms with Gasteiger partial charge in [0, 0.05) is 13.0 Å². The minimum atomic E-state index is -0.0136. The molecule has 106 valence electrons. The molecule has 2 aliphatic rings. The van der Waals surface area contributed by atoms with Crippen LogP contribution in [0.4, 0.5) is 0 Å². The van der Waals surface area contributed by atoms with E-state index in [2.05, 4.69) is 0 Å². The average molecular weight is 272 g/mol. The van der Waals surface area contributed by atoms with Crippen molar-refractivity contribution in [2.45, 2.75) is 38.4 Å². The van der Waals surface area contributed by atoms with Gasteiger partial charge in [0.2, 0.25) is 0 Å². The van der Waals surface area contributed by atoms with Gasteiger partial charge in [-0.3, -0.25) is 4.79 Å². The standard InChI is InChI=1S/C17H20O3/c1-2-19-13-8-9-14-16(10-13)20-11-15(17(14)18)12-6-4-3-5-7-12/h3-7,11,13-14,16H,2,8-10H2,1H3. The molecular weight excluding hydrogens is 252 g/mol. The third-order valence-corrected chi connectivity index (χ3v) is 4.19. The van der Waals surface area contributed by atoms with E-state index in [0.29, 0.717) is 5.57 Å². The van der Waals surface area contributed by atoms with Crippen molar-refractivity contribution in [1.29, 1.82) is 0 Å². The van der Waals surface area contributed by atoms with E-state index in [4.69, 9.17) is 9.47 Å². The Kier molecular flexibility index (Phi) is 3.88. The Morgan fingerprint density at radius 3 is 2.80 bits per heavy atom. The molecule has 0 radical (unpaired) electrons. The van der Waals surface area contributed by atoms with Gasteiger partial charge < -0.3 is 9.47 Å². The second-order valence-electron chi connectivity index (χ2n) is 5.43. The van der Waals surface area contributed by atoms with Gasteiger partial charge in [0.05, 0.1) is 23.9 Å². The molecule has 0 aromatic heterocycles. The predicted octanol–water partition coefficient (Wildman–Crippen LogP) is 3.20. The van der Waals surface area contributed by atoms with Crippen molar-refractivity contribution in [3.63, 3.8) is 0 Å². The summed E-state index contributed by atoms with van der Waals surface area (Å²) in [5, 5.41) is 0. The summed E-state index contributed by atoms with van der Waals surface area (Å²) in [4.78, 5) is 12.6. The van der Waals surface area contributed by atoms with E-state index in [1.54, 1.807) is 6.26 Å². The van der Waals surface area contributed by atoms with Crippen molar-refractivity contribution >= 4 is 11.4 Å². The molecule has 3 unspecified atom stereocenters. The van der Waals surface area contributed by atoms with Crippen molar-refractivity contribution in [2.75, 3.05) is 6.61 Å². The van der Waals surface area contributed by atoms with Gasteiger partial charge in [-0.25, -0.2) is 0 Å². The molecule has 1 fully saturated rings. The maximum atomic E-state index is 12.6. The van der Waals surface area contributed by atoms with E-state index in [0.717, 1.165) is 31.4 Å². The number of fused-ring (bicyclic) bond motifs is 1. The first-order valence-corrected chi connectivity index (χ1v) is 7.36. The van der Waals surface area contributed by atoms with Crippen LogP contribution in [0, 0.1) is 5.92 Å². The number of rotatable bonds is 3. The highest BCUT2D eigenvalue weighted by Crippen LogP contribution is 2.36. The second-order valence-corrected chi connectivity index (χ2v) is 5.43. The summed E-state index contributed by atoms with van der Waals surface area (Å²) < 4.78 is 11.5. The van der Waals surface area contributed by atoms with E-state index >= 15 is 0 Å². The summed E-state index contributed by atoms with van der Waals surface area (Å²) in [5.41, 5.74) is 1.66. The fourth-order valence-corrected chi connectivity index (χ4v) is 3.17. The molecule has 3 heteroatoms. The Labute approximate surface area is 119 Å². The zero-order valence-corrected chi connectivity index (χ0v) is 11.7. The van der Waals surface area contributed by atoms with Crippen LogP contribution in [0.1, 0.15) is 31.7 Å². The number of hydrogen-bond acceptors (Lipinski definition) is 3. The van der Waals surface area contributed by atoms with Crippen LogP contribution in [-0.4, -0.2) is 24.6 Å². The minimum absolute atomic E-state index is 0.00749. The maximum Gasteiger partial charge on any atom is 0.173 e. The fraction of sp³-hybridized carbons (Fsp3) is 0.471. The van der Waals surface area contributed by atoms with Crippen LogP contribution in [0.25, 0.3) is 5.57 Å². The number of benzene rings is 1. The lowest BCUT2D eigenvalue weighted by Crippen LogP contribution is -2.41. The van der Waals surface area contributed by atoms with Crippen molar-refractivity contribution < 1.29 is 14.3 Å². The van der Waals surface area contributed by atoms with Gasteiger partial charge in [-0.1, -0.05) is 30.3 Å². The van der Waals surface area contributed by atoms with Gasteiger partial charge in [0.1, 0.15) is 6.10 Å². The van der Waals surface area contributed by atoms with Crippen LogP contribution in [0.15, 0.2) is 36.6 Å². The lowest BCUT2D eigenvalue weighted by molar-refractivity contribution is -0.127. The molecule has 1 aliphatic carbocycles. The molecule has 0 spiro atoms. The molecule has 3 nitrogen and oxygen atoms in total. The lowest BCUT2D eigenvalue weighted by atomic mass is 9.78. The molecule has 0 bridgehead atoms. The maximum absolute atomic E-state index is 12.6. The number of allylic oxidation sites excluding steroid dienone is 1. The molecule has 3 atom stereocenters. The average Bonchev–Trinajstić information content (AvgIpc) is 2.49. The molecule has 0 N–H and O–H groups in total. The van der Waals surface area contributed by atoms with Gasteiger partial charge in [-0.15, -0.1) is 0 Å². The van der Waals surface area contributed by atoms with Gasteiger partial charge in [0.25, 0.3) is 0 Å². The highest BCUT2D eigenvalue weighted by molar-refractivity contribution is 6.22. The number of carbonyl (C=O) groups is 1. The van der Waals surface area contributed by atoms with Crippen LogP contribution < -0.4 is 0 Å². The largest absolute Gasteiger partial charge is 0.496 e. The summed E-state index contributed by atoms with van der Waals surface area (Å²) in [6, 6.07) is 9.76. The van der Waals surface area contributed by atoms with Gasteiger partial charge in [0.15, 0.2) is 5.78 Å². The molecule has 1 saturated carbocycles. The Hall–Kier alpha value is -1.61. The number of ketones is 1. The first kappa shape index (κ1) is 13.4. The fourth-order valence-electron chi connectivity index (χ4n) is 3.17. The van der Waals surface area contributed by atoms with E-state index in [1.807, 2.05) is 37.3 Å². The molecule has 0 saturated heterocycles. The van der Waals surface area contributed by atoms with Gasteiger partial charge >= 0.3 is 0 Å². The smallest absolute Gasteiger partial charge is 0.173 e. The van der Waals surface area contributed by atoms with E-state index in [1.165, 1.54) is 0 Å². The molecule has 1 aromatic carbocycles. The zero-order chi connectivity index (χ0) is 13.9. The van der Waals surface area contributed by atoms with Crippen molar-refractivity contribution in [2.24, 2.45) is 5.92 Å². The summed E-state index contributed by atoms with van der Waals surface area (Å²) in [5.74, 6) is 0.217. The predicted molar refractivity (Wildman–Crippen MR) is 77.1 cm³/mol. The van der Waals surface area contributed by atoms with Crippen LogP contribution in [0.2, 0.25) is 0 Å². The van der Waals surface area contributed by atoms with Gasteiger partial charge in [-0.05, 0) is 25.3 Å². The monoisotopic (exact) mass is 272 g/mol. The van der Waals surface area contributed by atoms with Crippen LogP contribution >= 0.6 is 0 Å². The topological polar surface area (TPSA) is 35.5 Å². The normalized spacial score (nSPS) is 29.4. The van der Waals surface area contributed by atoms with Crippen LogP contribution in [0.5, 0.6) is 0 Å². The van der Waals surface area contributed by atoms with Crippen LogP contribution in [0.3, 0.4) is 0 Å². The molecular formula is C17H20O3. The summed E-state index contributed by atoms with van der Waals surface area (Å²) in [7, 11) is 0. The first-order valence-electron chi connectivity index (χ1n) is 7.36. The van der Waals surface area contributed by atoms with Crippen molar-refractivity contribution in [3.05, 3.63) is 42.2 Å². The third-order valence-electron chi connectivity index (χ3n) is 4.19. The quantitative estimate of drug-likeness (QED) is 0.847. The molecule has 1 aliphatic heterocycles. The van der Waals surface area contributed by atoms with Crippen molar-refractivity contribution in [1.82, 2.24) is 0 Å². The second kappa shape index (κ2) is 5.80.